The molecule has 0 bridgehead atoms. The normalized spacial score (nSPS) is 10.9. The molecule has 0 radical (unpaired) electrons. The summed E-state index contributed by atoms with van der Waals surface area (Å²) in [5, 5.41) is 4.09. The molecule has 1 amide bonds. The molecule has 108 valence electrons. The molecular formula is C15H17Cl2NOS. The Morgan fingerprint density at radius 3 is 2.60 bits per heavy atom. The van der Waals surface area contributed by atoms with E-state index in [1.807, 2.05) is 13.8 Å². The van der Waals surface area contributed by atoms with Gasteiger partial charge in [0.2, 0.25) is 5.91 Å². The van der Waals surface area contributed by atoms with E-state index >= 15 is 0 Å². The van der Waals surface area contributed by atoms with Gasteiger partial charge in [-0.3, -0.25) is 4.79 Å². The van der Waals surface area contributed by atoms with Gasteiger partial charge in [-0.05, 0) is 31.0 Å². The number of rotatable bonds is 6. The molecule has 0 unspecified atom stereocenters. The van der Waals surface area contributed by atoms with Crippen molar-refractivity contribution < 1.29 is 4.79 Å². The molecule has 0 aromatic heterocycles. The van der Waals surface area contributed by atoms with Crippen molar-refractivity contribution in [2.75, 3.05) is 5.75 Å². The van der Waals surface area contributed by atoms with E-state index in [1.165, 1.54) is 11.8 Å². The maximum atomic E-state index is 12.0. The number of amides is 1. The Bertz CT molecular complexity index is 521. The number of hydrogen-bond donors (Lipinski definition) is 1. The molecule has 1 aromatic rings. The van der Waals surface area contributed by atoms with Crippen LogP contribution in [-0.2, 0) is 4.79 Å². The van der Waals surface area contributed by atoms with Gasteiger partial charge in [0.25, 0.3) is 0 Å². The van der Waals surface area contributed by atoms with Crippen molar-refractivity contribution in [1.82, 2.24) is 5.32 Å². The summed E-state index contributed by atoms with van der Waals surface area (Å²) in [7, 11) is 0. The molecule has 0 atom stereocenters. The van der Waals surface area contributed by atoms with Gasteiger partial charge in [-0.1, -0.05) is 43.0 Å². The number of halogens is 2. The Morgan fingerprint density at radius 2 is 2.05 bits per heavy atom. The minimum atomic E-state index is -0.560. The summed E-state index contributed by atoms with van der Waals surface area (Å²) in [5.41, 5.74) is -0.560. The van der Waals surface area contributed by atoms with Crippen molar-refractivity contribution in [2.45, 2.75) is 37.1 Å². The van der Waals surface area contributed by atoms with Gasteiger partial charge in [-0.15, -0.1) is 18.2 Å². The van der Waals surface area contributed by atoms with Gasteiger partial charge in [0.1, 0.15) is 5.54 Å². The standard InChI is InChI=1S/C15H17Cl2NOS/c1-4-15(5-2,6-3)18-14(19)10-20-13-9-11(16)7-8-12(13)17/h1,7-9H,5-6,10H2,2-3H3,(H,18,19). The molecule has 0 aliphatic heterocycles. The SMILES string of the molecule is C#CC(CC)(CC)NC(=O)CSc1cc(Cl)ccc1Cl. The zero-order chi connectivity index (χ0) is 15.2. The maximum Gasteiger partial charge on any atom is 0.231 e. The van der Waals surface area contributed by atoms with Gasteiger partial charge in [-0.25, -0.2) is 0 Å². The Hall–Kier alpha value is -0.820. The quantitative estimate of drug-likeness (QED) is 0.619. The summed E-state index contributed by atoms with van der Waals surface area (Å²) in [6.07, 6.45) is 6.92. The molecule has 0 heterocycles. The third-order valence-corrected chi connectivity index (χ3v) is 4.85. The van der Waals surface area contributed by atoms with Crippen molar-refractivity contribution in [3.8, 4) is 12.3 Å². The van der Waals surface area contributed by atoms with Gasteiger partial charge in [0.05, 0.1) is 10.8 Å². The molecule has 0 saturated heterocycles. The van der Waals surface area contributed by atoms with Crippen molar-refractivity contribution in [3.05, 3.63) is 28.2 Å². The monoisotopic (exact) mass is 329 g/mol. The van der Waals surface area contributed by atoms with Crippen LogP contribution in [0.25, 0.3) is 0 Å². The number of benzene rings is 1. The molecule has 20 heavy (non-hydrogen) atoms. The number of terminal acetylenes is 1. The van der Waals surface area contributed by atoms with Crippen LogP contribution < -0.4 is 5.32 Å². The van der Waals surface area contributed by atoms with E-state index in [-0.39, 0.29) is 11.7 Å². The summed E-state index contributed by atoms with van der Waals surface area (Å²) >= 11 is 13.3. The van der Waals surface area contributed by atoms with Gasteiger partial charge in [0.15, 0.2) is 0 Å². The number of carbonyl (C=O) groups excluding carboxylic acids is 1. The first-order valence-electron chi connectivity index (χ1n) is 6.33. The lowest BCUT2D eigenvalue weighted by Gasteiger charge is -2.26. The van der Waals surface area contributed by atoms with Gasteiger partial charge >= 0.3 is 0 Å². The fourth-order valence-electron chi connectivity index (χ4n) is 1.70. The second-order valence-electron chi connectivity index (χ2n) is 4.35. The van der Waals surface area contributed by atoms with Crippen molar-refractivity contribution in [2.24, 2.45) is 0 Å². The molecule has 2 nitrogen and oxygen atoms in total. The lowest BCUT2D eigenvalue weighted by Crippen LogP contribution is -2.47. The first kappa shape index (κ1) is 17.2. The number of thioether (sulfide) groups is 1. The topological polar surface area (TPSA) is 29.1 Å². The number of nitrogens with one attached hydrogen (secondary N) is 1. The average Bonchev–Trinajstić information content (AvgIpc) is 2.46. The molecule has 1 N–H and O–H groups in total. The molecule has 0 aliphatic rings. The predicted molar refractivity (Wildman–Crippen MR) is 87.5 cm³/mol. The Balaban J connectivity index is 2.64. The van der Waals surface area contributed by atoms with Gasteiger partial charge in [-0.2, -0.15) is 0 Å². The molecule has 0 saturated carbocycles. The van der Waals surface area contributed by atoms with Crippen LogP contribution in [-0.4, -0.2) is 17.2 Å². The highest BCUT2D eigenvalue weighted by Crippen LogP contribution is 2.29. The Kier molecular flexibility index (Phi) is 6.75. The van der Waals surface area contributed by atoms with E-state index in [2.05, 4.69) is 11.2 Å². The fraction of sp³-hybridized carbons (Fsp3) is 0.400. The zero-order valence-corrected chi connectivity index (χ0v) is 13.8. The van der Waals surface area contributed by atoms with E-state index in [0.29, 0.717) is 22.9 Å². The summed E-state index contributed by atoms with van der Waals surface area (Å²) in [5.74, 6) is 2.83. The van der Waals surface area contributed by atoms with E-state index in [0.717, 1.165) is 4.90 Å². The molecule has 0 aliphatic carbocycles. The number of carbonyl (C=O) groups is 1. The van der Waals surface area contributed by atoms with E-state index < -0.39 is 5.54 Å². The zero-order valence-electron chi connectivity index (χ0n) is 11.5. The van der Waals surface area contributed by atoms with Gasteiger partial charge < -0.3 is 5.32 Å². The highest BCUT2D eigenvalue weighted by molar-refractivity contribution is 8.00. The number of hydrogen-bond acceptors (Lipinski definition) is 2. The minimum Gasteiger partial charge on any atom is -0.339 e. The third-order valence-electron chi connectivity index (χ3n) is 3.11. The highest BCUT2D eigenvalue weighted by Gasteiger charge is 2.25. The second-order valence-corrected chi connectivity index (χ2v) is 6.21. The second kappa shape index (κ2) is 7.83. The van der Waals surface area contributed by atoms with Crippen LogP contribution in [0.3, 0.4) is 0 Å². The van der Waals surface area contributed by atoms with Crippen LogP contribution in [0.2, 0.25) is 10.0 Å². The largest absolute Gasteiger partial charge is 0.339 e. The molecule has 1 aromatic carbocycles. The lowest BCUT2D eigenvalue weighted by molar-refractivity contribution is -0.119. The summed E-state index contributed by atoms with van der Waals surface area (Å²) in [4.78, 5) is 12.8. The van der Waals surface area contributed by atoms with Gasteiger partial charge in [0, 0.05) is 9.92 Å². The molecule has 0 fully saturated rings. The Morgan fingerprint density at radius 1 is 1.40 bits per heavy atom. The van der Waals surface area contributed by atoms with E-state index in [4.69, 9.17) is 29.6 Å². The van der Waals surface area contributed by atoms with Crippen LogP contribution >= 0.6 is 35.0 Å². The first-order valence-corrected chi connectivity index (χ1v) is 8.07. The smallest absolute Gasteiger partial charge is 0.231 e. The Labute approximate surface area is 134 Å². The molecule has 5 heteroatoms. The summed E-state index contributed by atoms with van der Waals surface area (Å²) in [6, 6.07) is 5.18. The van der Waals surface area contributed by atoms with Crippen molar-refractivity contribution >= 4 is 40.9 Å². The molecular weight excluding hydrogens is 313 g/mol. The highest BCUT2D eigenvalue weighted by atomic mass is 35.5. The summed E-state index contributed by atoms with van der Waals surface area (Å²) < 4.78 is 0. The van der Waals surface area contributed by atoms with Crippen molar-refractivity contribution in [1.29, 1.82) is 0 Å². The lowest BCUT2D eigenvalue weighted by atomic mass is 9.94. The molecule has 1 rings (SSSR count). The first-order chi connectivity index (χ1) is 9.46. The van der Waals surface area contributed by atoms with Crippen LogP contribution in [0.15, 0.2) is 23.1 Å². The fourth-order valence-corrected chi connectivity index (χ4v) is 2.99. The third kappa shape index (κ3) is 4.63. The van der Waals surface area contributed by atoms with Crippen LogP contribution in [0.5, 0.6) is 0 Å². The molecule has 0 spiro atoms. The van der Waals surface area contributed by atoms with E-state index in [9.17, 15) is 4.79 Å². The average molecular weight is 330 g/mol. The van der Waals surface area contributed by atoms with E-state index in [1.54, 1.807) is 18.2 Å². The minimum absolute atomic E-state index is 0.104. The van der Waals surface area contributed by atoms with Crippen molar-refractivity contribution in [3.63, 3.8) is 0 Å². The van der Waals surface area contributed by atoms with Crippen LogP contribution in [0.4, 0.5) is 0 Å². The predicted octanol–water partition coefficient (Wildman–Crippen LogP) is 4.39. The van der Waals surface area contributed by atoms with Crippen LogP contribution in [0.1, 0.15) is 26.7 Å². The summed E-state index contributed by atoms with van der Waals surface area (Å²) in [6.45, 7) is 3.93. The van der Waals surface area contributed by atoms with Crippen LogP contribution in [0, 0.1) is 12.3 Å². The maximum absolute atomic E-state index is 12.0.